The molecule has 0 saturated carbocycles. The molecule has 0 aliphatic rings. The first-order chi connectivity index (χ1) is 5.79. The first-order valence-corrected chi connectivity index (χ1v) is 4.57. The third-order valence-corrected chi connectivity index (χ3v) is 2.42. The molecule has 1 unspecified atom stereocenters. The molecule has 1 nitrogen and oxygen atoms in total. The normalized spacial score (nSPS) is 12.9. The average molecular weight is 163 g/mol. The molecule has 0 aromatic heterocycles. The monoisotopic (exact) mass is 163 g/mol. The van der Waals surface area contributed by atoms with Gasteiger partial charge in [0, 0.05) is 6.54 Å². The maximum absolute atomic E-state index is 5.64. The van der Waals surface area contributed by atoms with Crippen LogP contribution in [0.1, 0.15) is 37.3 Å². The van der Waals surface area contributed by atoms with Crippen LogP contribution in [0, 0.1) is 0 Å². The van der Waals surface area contributed by atoms with E-state index in [0.29, 0.717) is 12.5 Å². The van der Waals surface area contributed by atoms with Crippen LogP contribution in [0.3, 0.4) is 0 Å². The Morgan fingerprint density at radius 1 is 1.33 bits per heavy atom. The van der Waals surface area contributed by atoms with E-state index in [-0.39, 0.29) is 0 Å². The second-order valence-corrected chi connectivity index (χ2v) is 3.21. The molecule has 12 heavy (non-hydrogen) atoms. The van der Waals surface area contributed by atoms with Crippen LogP contribution in [0.25, 0.3) is 0 Å². The van der Waals surface area contributed by atoms with Gasteiger partial charge >= 0.3 is 0 Å². The Morgan fingerprint density at radius 3 is 2.58 bits per heavy atom. The minimum Gasteiger partial charge on any atom is -0.326 e. The molecule has 0 radical (unpaired) electrons. The Bertz CT molecular complexity index is 243. The van der Waals surface area contributed by atoms with E-state index >= 15 is 0 Å². The van der Waals surface area contributed by atoms with Crippen molar-refractivity contribution in [3.8, 4) is 0 Å². The maximum atomic E-state index is 5.64. The SMILES string of the molecule is CCC(C)c1ccccc1CN. The molecule has 66 valence electrons. The van der Waals surface area contributed by atoms with Crippen molar-refractivity contribution in [2.45, 2.75) is 32.7 Å². The lowest BCUT2D eigenvalue weighted by molar-refractivity contribution is 0.722. The van der Waals surface area contributed by atoms with Crippen molar-refractivity contribution in [1.29, 1.82) is 0 Å². The van der Waals surface area contributed by atoms with Crippen molar-refractivity contribution in [2.24, 2.45) is 5.73 Å². The van der Waals surface area contributed by atoms with Crippen molar-refractivity contribution in [3.05, 3.63) is 35.4 Å². The summed E-state index contributed by atoms with van der Waals surface area (Å²) in [6.07, 6.45) is 1.18. The van der Waals surface area contributed by atoms with Gasteiger partial charge in [-0.05, 0) is 23.5 Å². The molecule has 0 bridgehead atoms. The van der Waals surface area contributed by atoms with Crippen molar-refractivity contribution in [2.75, 3.05) is 0 Å². The Hall–Kier alpha value is -0.820. The average Bonchev–Trinajstić information content (AvgIpc) is 2.16. The fourth-order valence-corrected chi connectivity index (χ4v) is 1.42. The number of hydrogen-bond donors (Lipinski definition) is 1. The summed E-state index contributed by atoms with van der Waals surface area (Å²) in [6.45, 7) is 5.10. The van der Waals surface area contributed by atoms with Gasteiger partial charge in [0.1, 0.15) is 0 Å². The topological polar surface area (TPSA) is 26.0 Å². The van der Waals surface area contributed by atoms with Crippen LogP contribution >= 0.6 is 0 Å². The molecule has 1 aromatic rings. The highest BCUT2D eigenvalue weighted by Crippen LogP contribution is 2.21. The number of rotatable bonds is 3. The minimum absolute atomic E-state index is 0.629. The summed E-state index contributed by atoms with van der Waals surface area (Å²) < 4.78 is 0. The standard InChI is InChI=1S/C11H17N/c1-3-9(2)11-7-5-4-6-10(11)8-12/h4-7,9H,3,8,12H2,1-2H3. The molecular weight excluding hydrogens is 146 g/mol. The van der Waals surface area contributed by atoms with Gasteiger partial charge in [-0.1, -0.05) is 38.1 Å². The highest BCUT2D eigenvalue weighted by molar-refractivity contribution is 5.29. The third kappa shape index (κ3) is 1.86. The largest absolute Gasteiger partial charge is 0.326 e. The molecule has 0 amide bonds. The van der Waals surface area contributed by atoms with Crippen LogP contribution in [0.5, 0.6) is 0 Å². The lowest BCUT2D eigenvalue weighted by atomic mass is 9.94. The lowest BCUT2D eigenvalue weighted by Crippen LogP contribution is -2.03. The van der Waals surface area contributed by atoms with Crippen LogP contribution < -0.4 is 5.73 Å². The van der Waals surface area contributed by atoms with E-state index in [1.807, 2.05) is 6.07 Å². The molecule has 0 spiro atoms. The smallest absolute Gasteiger partial charge is 0.0180 e. The van der Waals surface area contributed by atoms with Crippen molar-refractivity contribution < 1.29 is 0 Å². The Labute approximate surface area is 74.6 Å². The molecule has 1 rings (SSSR count). The zero-order valence-electron chi connectivity index (χ0n) is 7.88. The fraction of sp³-hybridized carbons (Fsp3) is 0.455. The Morgan fingerprint density at radius 2 is 2.00 bits per heavy atom. The van der Waals surface area contributed by atoms with E-state index in [1.54, 1.807) is 0 Å². The summed E-state index contributed by atoms with van der Waals surface area (Å²) in [4.78, 5) is 0. The summed E-state index contributed by atoms with van der Waals surface area (Å²) >= 11 is 0. The Balaban J connectivity index is 2.96. The number of benzene rings is 1. The van der Waals surface area contributed by atoms with Crippen molar-refractivity contribution >= 4 is 0 Å². The summed E-state index contributed by atoms with van der Waals surface area (Å²) in [6, 6.07) is 8.42. The Kier molecular flexibility index (Phi) is 3.30. The van der Waals surface area contributed by atoms with E-state index in [2.05, 4.69) is 32.0 Å². The van der Waals surface area contributed by atoms with Crippen LogP contribution in [0.2, 0.25) is 0 Å². The molecule has 0 heterocycles. The van der Waals surface area contributed by atoms with Gasteiger partial charge < -0.3 is 5.73 Å². The minimum atomic E-state index is 0.629. The molecule has 1 aromatic carbocycles. The van der Waals surface area contributed by atoms with E-state index in [1.165, 1.54) is 17.5 Å². The van der Waals surface area contributed by atoms with Crippen LogP contribution in [-0.2, 0) is 6.54 Å². The van der Waals surface area contributed by atoms with Gasteiger partial charge in [0.05, 0.1) is 0 Å². The number of nitrogens with two attached hydrogens (primary N) is 1. The quantitative estimate of drug-likeness (QED) is 0.728. The highest BCUT2D eigenvalue weighted by atomic mass is 14.5. The van der Waals surface area contributed by atoms with Gasteiger partial charge in [0.15, 0.2) is 0 Å². The van der Waals surface area contributed by atoms with E-state index in [4.69, 9.17) is 5.73 Å². The van der Waals surface area contributed by atoms with Gasteiger partial charge in [0.25, 0.3) is 0 Å². The molecule has 0 aliphatic heterocycles. The first-order valence-electron chi connectivity index (χ1n) is 4.57. The predicted molar refractivity (Wildman–Crippen MR) is 53.0 cm³/mol. The highest BCUT2D eigenvalue weighted by Gasteiger charge is 2.05. The fourth-order valence-electron chi connectivity index (χ4n) is 1.42. The zero-order valence-corrected chi connectivity index (χ0v) is 7.88. The summed E-state index contributed by atoms with van der Waals surface area (Å²) in [5.41, 5.74) is 8.33. The summed E-state index contributed by atoms with van der Waals surface area (Å²) in [5, 5.41) is 0. The van der Waals surface area contributed by atoms with Crippen LogP contribution in [-0.4, -0.2) is 0 Å². The van der Waals surface area contributed by atoms with Gasteiger partial charge in [-0.3, -0.25) is 0 Å². The van der Waals surface area contributed by atoms with Gasteiger partial charge in [-0.25, -0.2) is 0 Å². The second-order valence-electron chi connectivity index (χ2n) is 3.21. The van der Waals surface area contributed by atoms with Crippen molar-refractivity contribution in [1.82, 2.24) is 0 Å². The summed E-state index contributed by atoms with van der Waals surface area (Å²) in [7, 11) is 0. The van der Waals surface area contributed by atoms with Gasteiger partial charge in [-0.15, -0.1) is 0 Å². The second kappa shape index (κ2) is 4.27. The van der Waals surface area contributed by atoms with Crippen molar-refractivity contribution in [3.63, 3.8) is 0 Å². The summed E-state index contributed by atoms with van der Waals surface area (Å²) in [5.74, 6) is 0.629. The lowest BCUT2D eigenvalue weighted by Gasteiger charge is -2.12. The molecule has 0 aliphatic carbocycles. The third-order valence-electron chi connectivity index (χ3n) is 2.42. The van der Waals surface area contributed by atoms with E-state index in [0.717, 1.165) is 0 Å². The zero-order chi connectivity index (χ0) is 8.97. The van der Waals surface area contributed by atoms with Gasteiger partial charge in [-0.2, -0.15) is 0 Å². The van der Waals surface area contributed by atoms with Gasteiger partial charge in [0.2, 0.25) is 0 Å². The molecule has 2 N–H and O–H groups in total. The van der Waals surface area contributed by atoms with E-state index < -0.39 is 0 Å². The molecule has 1 heteroatoms. The molecular formula is C11H17N. The number of hydrogen-bond acceptors (Lipinski definition) is 1. The molecule has 1 atom stereocenters. The van der Waals surface area contributed by atoms with E-state index in [9.17, 15) is 0 Å². The molecule has 0 saturated heterocycles. The first kappa shape index (κ1) is 9.27. The van der Waals surface area contributed by atoms with Crippen LogP contribution in [0.4, 0.5) is 0 Å². The predicted octanol–water partition coefficient (Wildman–Crippen LogP) is 2.66. The van der Waals surface area contributed by atoms with Crippen LogP contribution in [0.15, 0.2) is 24.3 Å². The molecule has 0 fully saturated rings. The maximum Gasteiger partial charge on any atom is 0.0180 e.